The molecule has 0 aliphatic rings. The molecule has 0 fully saturated rings. The zero-order valence-corrected chi connectivity index (χ0v) is 10.0. The van der Waals surface area contributed by atoms with Gasteiger partial charge in [0, 0.05) is 19.0 Å². The van der Waals surface area contributed by atoms with Gasteiger partial charge in [0.15, 0.2) is 0 Å². The van der Waals surface area contributed by atoms with Crippen molar-refractivity contribution >= 4 is 22.6 Å². The minimum absolute atomic E-state index is 0.246. The molecule has 18 heavy (non-hydrogen) atoms. The number of hydrogen-bond acceptors (Lipinski definition) is 4. The lowest BCUT2D eigenvalue weighted by molar-refractivity contribution is -0.139. The molecule has 1 aromatic carbocycles. The number of furan rings is 1. The summed E-state index contributed by atoms with van der Waals surface area (Å²) >= 11 is 0. The van der Waals surface area contributed by atoms with Crippen LogP contribution in [0.1, 0.15) is 6.42 Å². The monoisotopic (exact) mass is 249 g/mol. The van der Waals surface area contributed by atoms with Crippen LogP contribution in [0.5, 0.6) is 0 Å². The summed E-state index contributed by atoms with van der Waals surface area (Å²) in [5.41, 5.74) is 1.61. The lowest BCUT2D eigenvalue weighted by atomic mass is 10.2. The van der Waals surface area contributed by atoms with Crippen molar-refractivity contribution in [3.63, 3.8) is 0 Å². The maximum Gasteiger partial charge on any atom is 0.306 e. The van der Waals surface area contributed by atoms with Crippen LogP contribution in [0.15, 0.2) is 34.9 Å². The molecule has 1 aromatic heterocycles. The molecule has 2 rings (SSSR count). The van der Waals surface area contributed by atoms with Crippen LogP contribution in [0.2, 0.25) is 0 Å². The van der Waals surface area contributed by atoms with Gasteiger partial charge >= 0.3 is 5.97 Å². The number of rotatable bonds is 5. The first-order valence-corrected chi connectivity index (χ1v) is 5.65. The van der Waals surface area contributed by atoms with Gasteiger partial charge in [-0.2, -0.15) is 0 Å². The number of carboxylic acids is 1. The van der Waals surface area contributed by atoms with Crippen molar-refractivity contribution in [2.45, 2.75) is 12.5 Å². The Morgan fingerprint density at radius 3 is 2.89 bits per heavy atom. The number of anilines is 1. The predicted octanol–water partition coefficient (Wildman–Crippen LogP) is 1.70. The van der Waals surface area contributed by atoms with Crippen LogP contribution in [-0.4, -0.2) is 35.9 Å². The molecule has 5 heteroatoms. The fourth-order valence-corrected chi connectivity index (χ4v) is 1.94. The number of carbonyl (C=O) groups is 1. The first-order valence-electron chi connectivity index (χ1n) is 5.65. The molecular weight excluding hydrogens is 234 g/mol. The lowest BCUT2D eigenvalue weighted by Crippen LogP contribution is -2.30. The third kappa shape index (κ3) is 2.62. The summed E-state index contributed by atoms with van der Waals surface area (Å²) in [7, 11) is 1.79. The molecule has 1 heterocycles. The molecule has 2 aromatic rings. The Hall–Kier alpha value is -2.01. The highest BCUT2D eigenvalue weighted by Crippen LogP contribution is 2.28. The molecule has 0 amide bonds. The minimum Gasteiger partial charge on any atom is -0.481 e. The molecule has 0 radical (unpaired) electrons. The highest BCUT2D eigenvalue weighted by Gasteiger charge is 2.15. The largest absolute Gasteiger partial charge is 0.481 e. The first kappa shape index (κ1) is 12.4. The average molecular weight is 249 g/mol. The predicted molar refractivity (Wildman–Crippen MR) is 67.7 cm³/mol. The van der Waals surface area contributed by atoms with E-state index in [-0.39, 0.29) is 13.0 Å². The smallest absolute Gasteiger partial charge is 0.306 e. The van der Waals surface area contributed by atoms with Gasteiger partial charge in [0.05, 0.1) is 18.2 Å². The number of para-hydroxylation sites is 1. The van der Waals surface area contributed by atoms with Gasteiger partial charge in [-0.1, -0.05) is 12.1 Å². The Kier molecular flexibility index (Phi) is 3.53. The molecule has 2 N–H and O–H groups in total. The van der Waals surface area contributed by atoms with Crippen molar-refractivity contribution in [1.82, 2.24) is 0 Å². The van der Waals surface area contributed by atoms with E-state index in [2.05, 4.69) is 0 Å². The minimum atomic E-state index is -1.01. The first-order chi connectivity index (χ1) is 8.58. The summed E-state index contributed by atoms with van der Waals surface area (Å²) < 4.78 is 5.39. The fraction of sp³-hybridized carbons (Fsp3) is 0.308. The number of aliphatic hydroxyl groups excluding tert-OH is 1. The summed E-state index contributed by atoms with van der Waals surface area (Å²) in [5, 5.41) is 19.2. The standard InChI is InChI=1S/C13H15NO4/c1-14(7-9(15)6-13(16)17)11-8-18-12-5-3-2-4-10(11)12/h2-5,8-9,15H,6-7H2,1H3,(H,16,17). The van der Waals surface area contributed by atoms with Crippen LogP contribution < -0.4 is 4.90 Å². The van der Waals surface area contributed by atoms with Crippen LogP contribution in [0.25, 0.3) is 11.0 Å². The van der Waals surface area contributed by atoms with E-state index in [1.807, 2.05) is 24.3 Å². The summed E-state index contributed by atoms with van der Waals surface area (Å²) in [5.74, 6) is -1.01. The van der Waals surface area contributed by atoms with E-state index < -0.39 is 12.1 Å². The van der Waals surface area contributed by atoms with Crippen molar-refractivity contribution in [2.24, 2.45) is 0 Å². The summed E-state index contributed by atoms with van der Waals surface area (Å²) in [6.07, 6.45) is 0.444. The summed E-state index contributed by atoms with van der Waals surface area (Å²) in [6.45, 7) is 0.246. The number of aliphatic carboxylic acids is 1. The van der Waals surface area contributed by atoms with Gasteiger partial charge < -0.3 is 19.5 Å². The molecule has 1 unspecified atom stereocenters. The zero-order chi connectivity index (χ0) is 13.1. The molecular formula is C13H15NO4. The zero-order valence-electron chi connectivity index (χ0n) is 10.0. The van der Waals surface area contributed by atoms with Gasteiger partial charge in [0.1, 0.15) is 11.8 Å². The Bertz CT molecular complexity index is 549. The van der Waals surface area contributed by atoms with E-state index in [1.165, 1.54) is 0 Å². The van der Waals surface area contributed by atoms with Crippen molar-refractivity contribution in [3.8, 4) is 0 Å². The van der Waals surface area contributed by atoms with E-state index in [0.29, 0.717) is 0 Å². The van der Waals surface area contributed by atoms with Crippen molar-refractivity contribution < 1.29 is 19.4 Å². The molecule has 96 valence electrons. The van der Waals surface area contributed by atoms with Gasteiger partial charge in [0.25, 0.3) is 0 Å². The summed E-state index contributed by atoms with van der Waals surface area (Å²) in [4.78, 5) is 12.3. The van der Waals surface area contributed by atoms with Gasteiger partial charge in [-0.05, 0) is 12.1 Å². The van der Waals surface area contributed by atoms with Crippen molar-refractivity contribution in [3.05, 3.63) is 30.5 Å². The lowest BCUT2D eigenvalue weighted by Gasteiger charge is -2.20. The topological polar surface area (TPSA) is 73.9 Å². The third-order valence-corrected chi connectivity index (χ3v) is 2.77. The Morgan fingerprint density at radius 1 is 1.44 bits per heavy atom. The number of carboxylic acid groups (broad SMARTS) is 1. The Labute approximate surface area is 104 Å². The maximum absolute atomic E-state index is 10.5. The van der Waals surface area contributed by atoms with Gasteiger partial charge in [0.2, 0.25) is 0 Å². The number of benzene rings is 1. The van der Waals surface area contributed by atoms with E-state index >= 15 is 0 Å². The third-order valence-electron chi connectivity index (χ3n) is 2.77. The van der Waals surface area contributed by atoms with E-state index in [0.717, 1.165) is 16.7 Å². The van der Waals surface area contributed by atoms with Crippen LogP contribution >= 0.6 is 0 Å². The molecule has 0 saturated carbocycles. The second-order valence-electron chi connectivity index (χ2n) is 4.25. The second kappa shape index (κ2) is 5.10. The number of fused-ring (bicyclic) bond motifs is 1. The van der Waals surface area contributed by atoms with Crippen molar-refractivity contribution in [1.29, 1.82) is 0 Å². The highest BCUT2D eigenvalue weighted by atomic mass is 16.4. The van der Waals surface area contributed by atoms with Crippen LogP contribution in [0.3, 0.4) is 0 Å². The average Bonchev–Trinajstić information content (AvgIpc) is 2.71. The van der Waals surface area contributed by atoms with Gasteiger partial charge in [-0.25, -0.2) is 0 Å². The number of aliphatic hydroxyl groups is 1. The molecule has 0 aliphatic heterocycles. The molecule has 1 atom stereocenters. The Balaban J connectivity index is 2.13. The van der Waals surface area contributed by atoms with Gasteiger partial charge in [-0.3, -0.25) is 4.79 Å². The molecule has 0 spiro atoms. The number of likely N-dealkylation sites (N-methyl/N-ethyl adjacent to an activating group) is 1. The van der Waals surface area contributed by atoms with E-state index in [9.17, 15) is 9.90 Å². The second-order valence-corrected chi connectivity index (χ2v) is 4.25. The van der Waals surface area contributed by atoms with Crippen LogP contribution in [0, 0.1) is 0 Å². The van der Waals surface area contributed by atoms with Crippen molar-refractivity contribution in [2.75, 3.05) is 18.5 Å². The normalized spacial score (nSPS) is 12.6. The van der Waals surface area contributed by atoms with Crippen LogP contribution in [-0.2, 0) is 4.79 Å². The fourth-order valence-electron chi connectivity index (χ4n) is 1.94. The number of hydrogen-bond donors (Lipinski definition) is 2. The van der Waals surface area contributed by atoms with Gasteiger partial charge in [-0.15, -0.1) is 0 Å². The molecule has 0 aliphatic carbocycles. The highest BCUT2D eigenvalue weighted by molar-refractivity contribution is 5.90. The quantitative estimate of drug-likeness (QED) is 0.843. The van der Waals surface area contributed by atoms with Crippen LogP contribution in [0.4, 0.5) is 5.69 Å². The molecule has 0 saturated heterocycles. The Morgan fingerprint density at radius 2 is 2.17 bits per heavy atom. The number of nitrogens with zero attached hydrogens (tertiary/aromatic N) is 1. The SMILES string of the molecule is CN(CC(O)CC(=O)O)c1coc2ccccc12. The van der Waals surface area contributed by atoms with E-state index in [1.54, 1.807) is 18.2 Å². The molecule has 5 nitrogen and oxygen atoms in total. The summed E-state index contributed by atoms with van der Waals surface area (Å²) in [6, 6.07) is 7.58. The maximum atomic E-state index is 10.5. The van der Waals surface area contributed by atoms with E-state index in [4.69, 9.17) is 9.52 Å². The molecule has 0 bridgehead atoms.